The average molecular weight is 296 g/mol. The summed E-state index contributed by atoms with van der Waals surface area (Å²) in [5, 5.41) is 22.6. The molecule has 0 heterocycles. The fourth-order valence-corrected chi connectivity index (χ4v) is 1.76. The topological polar surface area (TPSA) is 108 Å². The summed E-state index contributed by atoms with van der Waals surface area (Å²) in [6.45, 7) is 1.47. The van der Waals surface area contributed by atoms with Gasteiger partial charge in [-0.3, -0.25) is 0 Å². The number of amides is 2. The summed E-state index contributed by atoms with van der Waals surface area (Å²) < 4.78 is 5.05. The molecule has 116 valence electrons. The van der Waals surface area contributed by atoms with E-state index in [-0.39, 0.29) is 19.1 Å². The van der Waals surface area contributed by atoms with Crippen LogP contribution < -0.4 is 15.4 Å². The summed E-state index contributed by atoms with van der Waals surface area (Å²) in [5.41, 5.74) is 0.861. The smallest absolute Gasteiger partial charge is 0.326 e. The van der Waals surface area contributed by atoms with Gasteiger partial charge in [-0.05, 0) is 24.6 Å². The van der Waals surface area contributed by atoms with Gasteiger partial charge in [-0.25, -0.2) is 9.59 Å². The maximum atomic E-state index is 11.7. The van der Waals surface area contributed by atoms with Crippen molar-refractivity contribution in [3.63, 3.8) is 0 Å². The number of carboxylic acids is 1. The molecule has 0 aliphatic rings. The van der Waals surface area contributed by atoms with E-state index < -0.39 is 18.0 Å². The highest BCUT2D eigenvalue weighted by molar-refractivity contribution is 5.82. The second-order valence-electron chi connectivity index (χ2n) is 4.52. The minimum absolute atomic E-state index is 0.0420. The summed E-state index contributed by atoms with van der Waals surface area (Å²) in [4.78, 5) is 22.6. The number of carbonyl (C=O) groups excluding carboxylic acids is 1. The van der Waals surface area contributed by atoms with E-state index >= 15 is 0 Å². The number of hydrogen-bond donors (Lipinski definition) is 4. The highest BCUT2D eigenvalue weighted by atomic mass is 16.5. The van der Waals surface area contributed by atoms with Crippen LogP contribution in [0.15, 0.2) is 24.3 Å². The molecule has 2 atom stereocenters. The Morgan fingerprint density at radius 1 is 1.24 bits per heavy atom. The summed E-state index contributed by atoms with van der Waals surface area (Å²) in [5.74, 6) is -0.472. The molecule has 7 nitrogen and oxygen atoms in total. The van der Waals surface area contributed by atoms with Gasteiger partial charge in [0.05, 0.1) is 13.2 Å². The van der Waals surface area contributed by atoms with Crippen molar-refractivity contribution in [2.45, 2.75) is 25.4 Å². The molecular weight excluding hydrogens is 276 g/mol. The summed E-state index contributed by atoms with van der Waals surface area (Å²) >= 11 is 0. The van der Waals surface area contributed by atoms with Crippen molar-refractivity contribution in [3.05, 3.63) is 29.8 Å². The molecule has 1 aromatic rings. The lowest BCUT2D eigenvalue weighted by molar-refractivity contribution is -0.139. The molecule has 1 rings (SSSR count). The van der Waals surface area contributed by atoms with Crippen LogP contribution in [0.25, 0.3) is 0 Å². The number of aliphatic carboxylic acids is 1. The first kappa shape index (κ1) is 16.8. The van der Waals surface area contributed by atoms with Crippen molar-refractivity contribution >= 4 is 12.0 Å². The lowest BCUT2D eigenvalue weighted by Crippen LogP contribution is -2.47. The Morgan fingerprint density at radius 2 is 1.86 bits per heavy atom. The van der Waals surface area contributed by atoms with E-state index in [2.05, 4.69) is 10.6 Å². The van der Waals surface area contributed by atoms with Crippen LogP contribution in [0.3, 0.4) is 0 Å². The number of urea groups is 1. The third-order valence-electron chi connectivity index (χ3n) is 2.98. The molecule has 0 bridgehead atoms. The molecule has 4 N–H and O–H groups in total. The molecule has 7 heteroatoms. The number of carbonyl (C=O) groups is 2. The van der Waals surface area contributed by atoms with Gasteiger partial charge in [-0.15, -0.1) is 0 Å². The lowest BCUT2D eigenvalue weighted by Gasteiger charge is -2.18. The third kappa shape index (κ3) is 5.31. The summed E-state index contributed by atoms with van der Waals surface area (Å²) in [7, 11) is 1.57. The SMILES string of the molecule is COc1ccc(C(C)NC(=O)N[C@H](CCO)C(=O)O)cc1. The Balaban J connectivity index is 2.58. The summed E-state index contributed by atoms with van der Waals surface area (Å²) in [6.07, 6.45) is -0.0420. The minimum Gasteiger partial charge on any atom is -0.497 e. The van der Waals surface area contributed by atoms with E-state index in [1.54, 1.807) is 26.2 Å². The Labute approximate surface area is 122 Å². The van der Waals surface area contributed by atoms with Crippen LogP contribution in [-0.4, -0.2) is 42.0 Å². The Morgan fingerprint density at radius 3 is 2.33 bits per heavy atom. The molecule has 0 saturated carbocycles. The standard InChI is InChI=1S/C14H20N2O5/c1-9(10-3-5-11(21-2)6-4-10)15-14(20)16-12(7-8-17)13(18)19/h3-6,9,12,17H,7-8H2,1-2H3,(H,18,19)(H2,15,16,20)/t9?,12-/m1/s1. The average Bonchev–Trinajstić information content (AvgIpc) is 2.46. The number of benzene rings is 1. The zero-order valence-corrected chi connectivity index (χ0v) is 12.0. The lowest BCUT2D eigenvalue weighted by atomic mass is 10.1. The van der Waals surface area contributed by atoms with Crippen LogP contribution in [0.1, 0.15) is 24.9 Å². The van der Waals surface area contributed by atoms with E-state index in [4.69, 9.17) is 14.9 Å². The van der Waals surface area contributed by atoms with E-state index in [0.717, 1.165) is 5.56 Å². The summed E-state index contributed by atoms with van der Waals surface area (Å²) in [6, 6.07) is 5.17. The Hall–Kier alpha value is -2.28. The van der Waals surface area contributed by atoms with E-state index in [1.807, 2.05) is 12.1 Å². The molecule has 1 aromatic carbocycles. The van der Waals surface area contributed by atoms with Gasteiger partial charge >= 0.3 is 12.0 Å². The first-order chi connectivity index (χ1) is 9.97. The molecule has 21 heavy (non-hydrogen) atoms. The third-order valence-corrected chi connectivity index (χ3v) is 2.98. The first-order valence-corrected chi connectivity index (χ1v) is 6.52. The van der Waals surface area contributed by atoms with Gasteiger partial charge in [0.1, 0.15) is 11.8 Å². The maximum Gasteiger partial charge on any atom is 0.326 e. The molecule has 0 radical (unpaired) electrons. The molecule has 0 aliphatic heterocycles. The van der Waals surface area contributed by atoms with Gasteiger partial charge in [0, 0.05) is 13.0 Å². The van der Waals surface area contributed by atoms with Crippen molar-refractivity contribution in [3.8, 4) is 5.75 Å². The van der Waals surface area contributed by atoms with Gasteiger partial charge in [0.15, 0.2) is 0 Å². The number of ether oxygens (including phenoxy) is 1. The number of hydrogen-bond acceptors (Lipinski definition) is 4. The second kappa shape index (κ2) is 8.11. The predicted octanol–water partition coefficient (Wildman–Crippen LogP) is 0.891. The molecule has 2 amide bonds. The highest BCUT2D eigenvalue weighted by Crippen LogP contribution is 2.17. The quantitative estimate of drug-likeness (QED) is 0.597. The number of rotatable bonds is 7. The van der Waals surface area contributed by atoms with Gasteiger partial charge < -0.3 is 25.6 Å². The van der Waals surface area contributed by atoms with Gasteiger partial charge in [-0.2, -0.15) is 0 Å². The van der Waals surface area contributed by atoms with Crippen LogP contribution in [0.5, 0.6) is 5.75 Å². The van der Waals surface area contributed by atoms with Crippen molar-refractivity contribution in [2.75, 3.05) is 13.7 Å². The van der Waals surface area contributed by atoms with E-state index in [1.165, 1.54) is 0 Å². The number of aliphatic hydroxyl groups excluding tert-OH is 1. The van der Waals surface area contributed by atoms with Crippen LogP contribution in [-0.2, 0) is 4.79 Å². The van der Waals surface area contributed by atoms with E-state index in [9.17, 15) is 9.59 Å². The van der Waals surface area contributed by atoms with Crippen molar-refractivity contribution in [1.82, 2.24) is 10.6 Å². The van der Waals surface area contributed by atoms with Gasteiger partial charge in [-0.1, -0.05) is 12.1 Å². The van der Waals surface area contributed by atoms with Crippen molar-refractivity contribution in [1.29, 1.82) is 0 Å². The number of carboxylic acid groups (broad SMARTS) is 1. The predicted molar refractivity (Wildman–Crippen MR) is 76.2 cm³/mol. The molecule has 0 spiro atoms. The molecule has 0 saturated heterocycles. The van der Waals surface area contributed by atoms with Crippen LogP contribution >= 0.6 is 0 Å². The van der Waals surface area contributed by atoms with Gasteiger partial charge in [0.2, 0.25) is 0 Å². The van der Waals surface area contributed by atoms with Crippen molar-refractivity contribution in [2.24, 2.45) is 0 Å². The largest absolute Gasteiger partial charge is 0.497 e. The highest BCUT2D eigenvalue weighted by Gasteiger charge is 2.20. The molecule has 1 unspecified atom stereocenters. The van der Waals surface area contributed by atoms with Gasteiger partial charge in [0.25, 0.3) is 0 Å². The zero-order valence-electron chi connectivity index (χ0n) is 12.0. The molecular formula is C14H20N2O5. The molecule has 0 aliphatic carbocycles. The number of nitrogens with one attached hydrogen (secondary N) is 2. The molecule has 0 fully saturated rings. The fourth-order valence-electron chi connectivity index (χ4n) is 1.76. The Bertz CT molecular complexity index is 475. The molecule has 0 aromatic heterocycles. The maximum absolute atomic E-state index is 11.7. The zero-order chi connectivity index (χ0) is 15.8. The monoisotopic (exact) mass is 296 g/mol. The first-order valence-electron chi connectivity index (χ1n) is 6.52. The number of methoxy groups -OCH3 is 1. The van der Waals surface area contributed by atoms with Crippen molar-refractivity contribution < 1.29 is 24.5 Å². The van der Waals surface area contributed by atoms with Crippen LogP contribution in [0.2, 0.25) is 0 Å². The normalized spacial score (nSPS) is 13.1. The fraction of sp³-hybridized carbons (Fsp3) is 0.429. The Kier molecular flexibility index (Phi) is 6.48. The number of aliphatic hydroxyl groups is 1. The minimum atomic E-state index is -1.18. The van der Waals surface area contributed by atoms with E-state index in [0.29, 0.717) is 5.75 Å². The van der Waals surface area contributed by atoms with Crippen LogP contribution in [0.4, 0.5) is 4.79 Å². The van der Waals surface area contributed by atoms with Crippen LogP contribution in [0, 0.1) is 0 Å². The second-order valence-corrected chi connectivity index (χ2v) is 4.52.